The summed E-state index contributed by atoms with van der Waals surface area (Å²) >= 11 is 0. The molecule has 1 amide bonds. The predicted molar refractivity (Wildman–Crippen MR) is 74.1 cm³/mol. The summed E-state index contributed by atoms with van der Waals surface area (Å²) < 4.78 is 10.8. The van der Waals surface area contributed by atoms with Gasteiger partial charge in [-0.2, -0.15) is 0 Å². The Labute approximate surface area is 113 Å². The highest BCUT2D eigenvalue weighted by Crippen LogP contribution is 2.20. The SMILES string of the molecule is CCCN(C(=O)C1COCCO1)c1cccc(N)c1. The number of nitrogens with two attached hydrogens (primary N) is 1. The molecule has 5 nitrogen and oxygen atoms in total. The lowest BCUT2D eigenvalue weighted by Crippen LogP contribution is -2.45. The van der Waals surface area contributed by atoms with E-state index in [2.05, 4.69) is 0 Å². The van der Waals surface area contributed by atoms with E-state index < -0.39 is 6.10 Å². The fourth-order valence-corrected chi connectivity index (χ4v) is 2.09. The van der Waals surface area contributed by atoms with Crippen LogP contribution in [0.5, 0.6) is 0 Å². The van der Waals surface area contributed by atoms with Gasteiger partial charge in [-0.15, -0.1) is 0 Å². The minimum atomic E-state index is -0.512. The number of hydrogen-bond donors (Lipinski definition) is 1. The Morgan fingerprint density at radius 2 is 2.32 bits per heavy atom. The van der Waals surface area contributed by atoms with Gasteiger partial charge in [0.2, 0.25) is 0 Å². The highest BCUT2D eigenvalue weighted by Gasteiger charge is 2.28. The van der Waals surface area contributed by atoms with Crippen LogP contribution in [-0.4, -0.2) is 38.4 Å². The van der Waals surface area contributed by atoms with Gasteiger partial charge in [-0.3, -0.25) is 4.79 Å². The molecule has 0 spiro atoms. The molecule has 5 heteroatoms. The summed E-state index contributed by atoms with van der Waals surface area (Å²) in [4.78, 5) is 14.2. The van der Waals surface area contributed by atoms with Crippen molar-refractivity contribution >= 4 is 17.3 Å². The Morgan fingerprint density at radius 1 is 1.47 bits per heavy atom. The van der Waals surface area contributed by atoms with Crippen molar-refractivity contribution in [3.05, 3.63) is 24.3 Å². The molecule has 2 N–H and O–H groups in total. The molecule has 1 atom stereocenters. The summed E-state index contributed by atoms with van der Waals surface area (Å²) in [5.41, 5.74) is 7.23. The second kappa shape index (κ2) is 6.54. The molecule has 1 unspecified atom stereocenters. The fourth-order valence-electron chi connectivity index (χ4n) is 2.09. The van der Waals surface area contributed by atoms with Crippen LogP contribution in [0.3, 0.4) is 0 Å². The van der Waals surface area contributed by atoms with E-state index in [-0.39, 0.29) is 5.91 Å². The number of benzene rings is 1. The third kappa shape index (κ3) is 3.45. The third-order valence-corrected chi connectivity index (χ3v) is 2.99. The molecule has 1 aliphatic heterocycles. The standard InChI is InChI=1S/C14H20N2O3/c1-2-6-16(12-5-3-4-11(15)9-12)14(17)13-10-18-7-8-19-13/h3-5,9,13H,2,6-8,10,15H2,1H3. The summed E-state index contributed by atoms with van der Waals surface area (Å²) in [6, 6.07) is 7.34. The number of nitrogen functional groups attached to an aromatic ring is 1. The highest BCUT2D eigenvalue weighted by atomic mass is 16.6. The lowest BCUT2D eigenvalue weighted by molar-refractivity contribution is -0.144. The van der Waals surface area contributed by atoms with Crippen molar-refractivity contribution < 1.29 is 14.3 Å². The molecule has 19 heavy (non-hydrogen) atoms. The smallest absolute Gasteiger partial charge is 0.258 e. The Kier molecular flexibility index (Phi) is 4.76. The van der Waals surface area contributed by atoms with Gasteiger partial charge in [0.05, 0.1) is 19.8 Å². The fraction of sp³-hybridized carbons (Fsp3) is 0.500. The first-order chi connectivity index (χ1) is 9.22. The lowest BCUT2D eigenvalue weighted by Gasteiger charge is -2.29. The topological polar surface area (TPSA) is 64.8 Å². The van der Waals surface area contributed by atoms with Crippen LogP contribution in [-0.2, 0) is 14.3 Å². The van der Waals surface area contributed by atoms with E-state index in [4.69, 9.17) is 15.2 Å². The van der Waals surface area contributed by atoms with Crippen LogP contribution in [0, 0.1) is 0 Å². The molecule has 0 aromatic heterocycles. The van der Waals surface area contributed by atoms with Gasteiger partial charge in [0.25, 0.3) is 5.91 Å². The average molecular weight is 264 g/mol. The number of nitrogens with zero attached hydrogens (tertiary/aromatic N) is 1. The number of anilines is 2. The molecular formula is C14H20N2O3. The van der Waals surface area contributed by atoms with Crippen molar-refractivity contribution in [3.8, 4) is 0 Å². The van der Waals surface area contributed by atoms with Crippen molar-refractivity contribution in [2.45, 2.75) is 19.4 Å². The van der Waals surface area contributed by atoms with Gasteiger partial charge >= 0.3 is 0 Å². The summed E-state index contributed by atoms with van der Waals surface area (Å²) in [5, 5.41) is 0. The third-order valence-electron chi connectivity index (χ3n) is 2.99. The summed E-state index contributed by atoms with van der Waals surface area (Å²) in [6.07, 6.45) is 0.357. The van der Waals surface area contributed by atoms with Gasteiger partial charge < -0.3 is 20.1 Å². The van der Waals surface area contributed by atoms with Crippen molar-refractivity contribution in [1.29, 1.82) is 0 Å². The van der Waals surface area contributed by atoms with Crippen molar-refractivity contribution in [3.63, 3.8) is 0 Å². The van der Waals surface area contributed by atoms with Crippen LogP contribution in [0.15, 0.2) is 24.3 Å². The van der Waals surface area contributed by atoms with E-state index in [1.807, 2.05) is 19.1 Å². The molecule has 1 aromatic rings. The van der Waals surface area contributed by atoms with Gasteiger partial charge in [-0.1, -0.05) is 13.0 Å². The molecule has 1 heterocycles. The second-order valence-electron chi connectivity index (χ2n) is 4.52. The summed E-state index contributed by atoms with van der Waals surface area (Å²) in [6.45, 7) is 4.01. The molecular weight excluding hydrogens is 244 g/mol. The molecule has 0 bridgehead atoms. The van der Waals surface area contributed by atoms with Crippen LogP contribution in [0.1, 0.15) is 13.3 Å². The molecule has 2 rings (SSSR count). The molecule has 0 aliphatic carbocycles. The van der Waals surface area contributed by atoms with E-state index in [0.29, 0.717) is 32.1 Å². The Bertz CT molecular complexity index is 430. The minimum Gasteiger partial charge on any atom is -0.399 e. The predicted octanol–water partition coefficient (Wildman–Crippen LogP) is 1.43. The Morgan fingerprint density at radius 3 is 2.95 bits per heavy atom. The molecule has 1 saturated heterocycles. The summed E-state index contributed by atoms with van der Waals surface area (Å²) in [5.74, 6) is -0.0628. The zero-order valence-corrected chi connectivity index (χ0v) is 11.2. The van der Waals surface area contributed by atoms with Gasteiger partial charge in [0, 0.05) is 17.9 Å². The number of ether oxygens (including phenoxy) is 2. The van der Waals surface area contributed by atoms with E-state index in [1.54, 1.807) is 17.0 Å². The molecule has 0 radical (unpaired) electrons. The maximum Gasteiger partial charge on any atom is 0.258 e. The van der Waals surface area contributed by atoms with Crippen LogP contribution >= 0.6 is 0 Å². The number of carbonyl (C=O) groups is 1. The quantitative estimate of drug-likeness (QED) is 0.835. The van der Waals surface area contributed by atoms with Gasteiger partial charge in [0.15, 0.2) is 6.10 Å². The monoisotopic (exact) mass is 264 g/mol. The number of amides is 1. The number of carbonyl (C=O) groups excluding carboxylic acids is 1. The molecule has 1 fully saturated rings. The zero-order chi connectivity index (χ0) is 13.7. The largest absolute Gasteiger partial charge is 0.399 e. The first kappa shape index (κ1) is 13.8. The van der Waals surface area contributed by atoms with Crippen LogP contribution in [0.4, 0.5) is 11.4 Å². The average Bonchev–Trinajstić information content (AvgIpc) is 2.45. The van der Waals surface area contributed by atoms with Crippen molar-refractivity contribution in [2.75, 3.05) is 37.0 Å². The number of rotatable bonds is 4. The van der Waals surface area contributed by atoms with E-state index in [0.717, 1.165) is 12.1 Å². The Hall–Kier alpha value is -1.59. The molecule has 0 saturated carbocycles. The lowest BCUT2D eigenvalue weighted by atomic mass is 10.2. The highest BCUT2D eigenvalue weighted by molar-refractivity contribution is 5.97. The number of hydrogen-bond acceptors (Lipinski definition) is 4. The minimum absolute atomic E-state index is 0.0628. The van der Waals surface area contributed by atoms with Crippen molar-refractivity contribution in [1.82, 2.24) is 0 Å². The zero-order valence-electron chi connectivity index (χ0n) is 11.2. The first-order valence-electron chi connectivity index (χ1n) is 6.58. The molecule has 104 valence electrons. The van der Waals surface area contributed by atoms with E-state index in [9.17, 15) is 4.79 Å². The van der Waals surface area contributed by atoms with E-state index >= 15 is 0 Å². The Balaban J connectivity index is 2.16. The van der Waals surface area contributed by atoms with Gasteiger partial charge in [0.1, 0.15) is 0 Å². The van der Waals surface area contributed by atoms with Crippen molar-refractivity contribution in [2.24, 2.45) is 0 Å². The second-order valence-corrected chi connectivity index (χ2v) is 4.52. The van der Waals surface area contributed by atoms with Gasteiger partial charge in [-0.05, 0) is 24.6 Å². The molecule has 1 aromatic carbocycles. The van der Waals surface area contributed by atoms with Crippen LogP contribution in [0.2, 0.25) is 0 Å². The maximum absolute atomic E-state index is 12.5. The normalized spacial score (nSPS) is 19.1. The van der Waals surface area contributed by atoms with Crippen LogP contribution in [0.25, 0.3) is 0 Å². The molecule has 1 aliphatic rings. The van der Waals surface area contributed by atoms with Crippen LogP contribution < -0.4 is 10.6 Å². The van der Waals surface area contributed by atoms with E-state index in [1.165, 1.54) is 0 Å². The first-order valence-corrected chi connectivity index (χ1v) is 6.58. The van der Waals surface area contributed by atoms with Gasteiger partial charge in [-0.25, -0.2) is 0 Å². The summed E-state index contributed by atoms with van der Waals surface area (Å²) in [7, 11) is 0. The maximum atomic E-state index is 12.5.